The number of nitrogens with one attached hydrogen (secondary N) is 2. The number of amides is 1. The Morgan fingerprint density at radius 1 is 1.10 bits per heavy atom. The van der Waals surface area contributed by atoms with Gasteiger partial charge in [0.25, 0.3) is 11.5 Å². The van der Waals surface area contributed by atoms with Gasteiger partial charge >= 0.3 is 5.97 Å². The lowest BCUT2D eigenvalue weighted by molar-refractivity contribution is -0.124. The molecule has 0 aliphatic carbocycles. The van der Waals surface area contributed by atoms with Crippen molar-refractivity contribution >= 4 is 11.9 Å². The molecule has 21 heavy (non-hydrogen) atoms. The number of hydrogen-bond donors (Lipinski definition) is 2. The van der Waals surface area contributed by atoms with Gasteiger partial charge in [0.1, 0.15) is 5.56 Å². The molecule has 2 aromatic rings. The number of aromatic nitrogens is 1. The van der Waals surface area contributed by atoms with Gasteiger partial charge in [-0.3, -0.25) is 9.59 Å². The number of H-pyrrole nitrogens is 1. The predicted molar refractivity (Wildman–Crippen MR) is 75.6 cm³/mol. The molecule has 108 valence electrons. The number of pyridine rings is 1. The van der Waals surface area contributed by atoms with E-state index < -0.39 is 24.0 Å². The Bertz CT molecular complexity index is 679. The summed E-state index contributed by atoms with van der Waals surface area (Å²) in [5.41, 5.74) is 0.261. The van der Waals surface area contributed by atoms with E-state index in [9.17, 15) is 14.4 Å². The van der Waals surface area contributed by atoms with Crippen molar-refractivity contribution in [3.05, 3.63) is 70.1 Å². The molecular formula is C15H14N2O4. The number of benzene rings is 1. The molecule has 0 radical (unpaired) electrons. The lowest BCUT2D eigenvalue weighted by Crippen LogP contribution is -2.29. The van der Waals surface area contributed by atoms with Gasteiger partial charge in [0.05, 0.1) is 0 Å². The zero-order chi connectivity index (χ0) is 15.1. The third-order valence-electron chi connectivity index (χ3n) is 2.70. The van der Waals surface area contributed by atoms with E-state index in [1.807, 2.05) is 30.3 Å². The highest BCUT2D eigenvalue weighted by molar-refractivity contribution is 5.90. The molecule has 1 amide bonds. The number of carbonyl (C=O) groups is 2. The molecule has 2 N–H and O–H groups in total. The topological polar surface area (TPSA) is 88.3 Å². The van der Waals surface area contributed by atoms with Gasteiger partial charge in [0.2, 0.25) is 0 Å². The molecule has 0 aliphatic heterocycles. The Hall–Kier alpha value is -2.89. The number of rotatable bonds is 5. The summed E-state index contributed by atoms with van der Waals surface area (Å²) < 4.78 is 4.79. The summed E-state index contributed by atoms with van der Waals surface area (Å²) in [6.45, 7) is -0.0802. The van der Waals surface area contributed by atoms with E-state index in [1.165, 1.54) is 18.3 Å². The van der Waals surface area contributed by atoms with Gasteiger partial charge in [-0.15, -0.1) is 0 Å². The molecule has 0 fully saturated rings. The van der Waals surface area contributed by atoms with Crippen LogP contribution in [0.4, 0.5) is 0 Å². The second-order valence-electron chi connectivity index (χ2n) is 4.25. The van der Waals surface area contributed by atoms with Crippen LogP contribution in [0.1, 0.15) is 15.9 Å². The van der Waals surface area contributed by atoms with E-state index in [0.717, 1.165) is 5.56 Å². The number of esters is 1. The summed E-state index contributed by atoms with van der Waals surface area (Å²) in [5.74, 6) is -1.26. The van der Waals surface area contributed by atoms with E-state index in [-0.39, 0.29) is 5.56 Å². The lowest BCUT2D eigenvalue weighted by atomic mass is 10.2. The first-order chi connectivity index (χ1) is 10.2. The van der Waals surface area contributed by atoms with E-state index in [2.05, 4.69) is 10.3 Å². The average molecular weight is 286 g/mol. The average Bonchev–Trinajstić information content (AvgIpc) is 2.52. The highest BCUT2D eigenvalue weighted by Crippen LogP contribution is 1.97. The molecule has 0 unspecified atom stereocenters. The van der Waals surface area contributed by atoms with Crippen LogP contribution in [0.3, 0.4) is 0 Å². The molecule has 0 atom stereocenters. The van der Waals surface area contributed by atoms with Crippen LogP contribution in [0.2, 0.25) is 0 Å². The van der Waals surface area contributed by atoms with Crippen molar-refractivity contribution in [3.63, 3.8) is 0 Å². The second-order valence-corrected chi connectivity index (χ2v) is 4.25. The maximum absolute atomic E-state index is 11.6. The fourth-order valence-electron chi connectivity index (χ4n) is 1.64. The minimum Gasteiger partial charge on any atom is -0.452 e. The Kier molecular flexibility index (Phi) is 4.87. The van der Waals surface area contributed by atoms with E-state index >= 15 is 0 Å². The third kappa shape index (κ3) is 4.31. The van der Waals surface area contributed by atoms with Crippen LogP contribution in [-0.4, -0.2) is 23.5 Å². The highest BCUT2D eigenvalue weighted by Gasteiger charge is 2.13. The lowest BCUT2D eigenvalue weighted by Gasteiger charge is -2.06. The van der Waals surface area contributed by atoms with E-state index in [1.54, 1.807) is 0 Å². The predicted octanol–water partition coefficient (Wildman–Crippen LogP) is 0.848. The van der Waals surface area contributed by atoms with Gasteiger partial charge in [0, 0.05) is 12.7 Å². The molecule has 6 heteroatoms. The maximum Gasteiger partial charge on any atom is 0.344 e. The SMILES string of the molecule is O=C(COC(=O)c1ccc[nH]c1=O)NCc1ccccc1. The third-order valence-corrected chi connectivity index (χ3v) is 2.70. The molecule has 1 aromatic heterocycles. The maximum atomic E-state index is 11.6. The first-order valence-electron chi connectivity index (χ1n) is 6.32. The van der Waals surface area contributed by atoms with Crippen LogP contribution in [0, 0.1) is 0 Å². The van der Waals surface area contributed by atoms with E-state index in [0.29, 0.717) is 6.54 Å². The van der Waals surface area contributed by atoms with Crippen molar-refractivity contribution in [1.82, 2.24) is 10.3 Å². The van der Waals surface area contributed by atoms with Crippen molar-refractivity contribution < 1.29 is 14.3 Å². The van der Waals surface area contributed by atoms with Crippen molar-refractivity contribution in [1.29, 1.82) is 0 Å². The van der Waals surface area contributed by atoms with Crippen LogP contribution in [-0.2, 0) is 16.1 Å². The Labute approximate surface area is 120 Å². The summed E-state index contributed by atoms with van der Waals surface area (Å²) in [5, 5.41) is 2.62. The Balaban J connectivity index is 1.80. The number of aromatic amines is 1. The summed E-state index contributed by atoms with van der Waals surface area (Å²) >= 11 is 0. The summed E-state index contributed by atoms with van der Waals surface area (Å²) in [4.78, 5) is 36.9. The first kappa shape index (κ1) is 14.5. The fourth-order valence-corrected chi connectivity index (χ4v) is 1.64. The fraction of sp³-hybridized carbons (Fsp3) is 0.133. The van der Waals surface area contributed by atoms with Gasteiger partial charge in [-0.05, 0) is 17.7 Å². The van der Waals surface area contributed by atoms with Crippen LogP contribution >= 0.6 is 0 Å². The molecule has 1 aromatic carbocycles. The normalized spacial score (nSPS) is 9.90. The van der Waals surface area contributed by atoms with Gasteiger partial charge in [0.15, 0.2) is 6.61 Å². The molecule has 6 nitrogen and oxygen atoms in total. The molecule has 1 heterocycles. The van der Waals surface area contributed by atoms with Gasteiger partial charge in [-0.25, -0.2) is 4.79 Å². The molecule has 2 rings (SSSR count). The number of carbonyl (C=O) groups excluding carboxylic acids is 2. The number of ether oxygens (including phenoxy) is 1. The summed E-state index contributed by atoms with van der Waals surface area (Å²) in [6.07, 6.45) is 1.41. The van der Waals surface area contributed by atoms with Gasteiger partial charge < -0.3 is 15.0 Å². The minimum atomic E-state index is -0.827. The molecule has 0 aliphatic rings. The summed E-state index contributed by atoms with van der Waals surface area (Å²) in [6, 6.07) is 12.2. The highest BCUT2D eigenvalue weighted by atomic mass is 16.5. The molecule has 0 spiro atoms. The smallest absolute Gasteiger partial charge is 0.344 e. The van der Waals surface area contributed by atoms with Crippen molar-refractivity contribution in [3.8, 4) is 0 Å². The molecule has 0 bridgehead atoms. The standard InChI is InChI=1S/C15H14N2O4/c18-13(17-9-11-5-2-1-3-6-11)10-21-15(20)12-7-4-8-16-14(12)19/h1-8H,9-10H2,(H,16,19)(H,17,18). The first-order valence-corrected chi connectivity index (χ1v) is 6.32. The van der Waals surface area contributed by atoms with Crippen LogP contribution in [0.15, 0.2) is 53.5 Å². The quantitative estimate of drug-likeness (QED) is 0.797. The van der Waals surface area contributed by atoms with Crippen LogP contribution in [0.25, 0.3) is 0 Å². The molecule has 0 saturated carbocycles. The van der Waals surface area contributed by atoms with Crippen LogP contribution < -0.4 is 10.9 Å². The monoisotopic (exact) mass is 286 g/mol. The summed E-state index contributed by atoms with van der Waals surface area (Å²) in [7, 11) is 0. The largest absolute Gasteiger partial charge is 0.452 e. The number of hydrogen-bond acceptors (Lipinski definition) is 4. The zero-order valence-corrected chi connectivity index (χ0v) is 11.2. The van der Waals surface area contributed by atoms with Crippen molar-refractivity contribution in [2.24, 2.45) is 0 Å². The second kappa shape index (κ2) is 7.04. The molecule has 0 saturated heterocycles. The minimum absolute atomic E-state index is 0.131. The Morgan fingerprint density at radius 3 is 2.57 bits per heavy atom. The van der Waals surface area contributed by atoms with E-state index in [4.69, 9.17) is 4.74 Å². The van der Waals surface area contributed by atoms with Gasteiger partial charge in [-0.2, -0.15) is 0 Å². The Morgan fingerprint density at radius 2 is 1.86 bits per heavy atom. The zero-order valence-electron chi connectivity index (χ0n) is 11.2. The van der Waals surface area contributed by atoms with Gasteiger partial charge in [-0.1, -0.05) is 30.3 Å². The van der Waals surface area contributed by atoms with Crippen molar-refractivity contribution in [2.75, 3.05) is 6.61 Å². The van der Waals surface area contributed by atoms with Crippen LogP contribution in [0.5, 0.6) is 0 Å². The van der Waals surface area contributed by atoms with Crippen molar-refractivity contribution in [2.45, 2.75) is 6.54 Å². The molecular weight excluding hydrogens is 272 g/mol.